The number of rotatable bonds is 8. The predicted octanol–water partition coefficient (Wildman–Crippen LogP) is 5.86. The number of aromatic nitrogens is 3. The molecule has 4 rings (SSSR count). The van der Waals surface area contributed by atoms with Crippen LogP contribution in [-0.4, -0.2) is 25.8 Å². The lowest BCUT2D eigenvalue weighted by Crippen LogP contribution is -2.28. The molecule has 2 N–H and O–H groups in total. The number of carboxylic acid groups (broad SMARTS) is 1. The van der Waals surface area contributed by atoms with Gasteiger partial charge in [0.25, 0.3) is 0 Å². The Morgan fingerprint density at radius 1 is 1.09 bits per heavy atom. The average Bonchev–Trinajstić information content (AvgIpc) is 3.23. The van der Waals surface area contributed by atoms with E-state index in [9.17, 15) is 9.90 Å². The summed E-state index contributed by atoms with van der Waals surface area (Å²) in [5.41, 5.74) is 2.20. The summed E-state index contributed by atoms with van der Waals surface area (Å²) >= 11 is 0. The first-order valence-electron chi connectivity index (χ1n) is 10.7. The topological polar surface area (TPSA) is 89.3 Å². The molecule has 2 aromatic carbocycles. The van der Waals surface area contributed by atoms with Crippen LogP contribution in [0.4, 0.5) is 11.5 Å². The fourth-order valence-corrected chi connectivity index (χ4v) is 3.36. The molecule has 0 aliphatic carbocycles. The van der Waals surface area contributed by atoms with Gasteiger partial charge >= 0.3 is 5.97 Å². The van der Waals surface area contributed by atoms with Gasteiger partial charge in [-0.15, -0.1) is 0 Å². The first-order chi connectivity index (χ1) is 15.9. The van der Waals surface area contributed by atoms with Gasteiger partial charge in [0.1, 0.15) is 17.3 Å². The summed E-state index contributed by atoms with van der Waals surface area (Å²) in [5.74, 6) is 0.977. The summed E-state index contributed by atoms with van der Waals surface area (Å²) in [5, 5.41) is 17.4. The summed E-state index contributed by atoms with van der Waals surface area (Å²) in [6.45, 7) is 6.12. The highest BCUT2D eigenvalue weighted by molar-refractivity contribution is 5.81. The van der Waals surface area contributed by atoms with Gasteiger partial charge in [-0.1, -0.05) is 42.5 Å². The number of anilines is 2. The van der Waals surface area contributed by atoms with Crippen molar-refractivity contribution >= 4 is 17.5 Å². The van der Waals surface area contributed by atoms with Crippen molar-refractivity contribution in [3.8, 4) is 22.8 Å². The number of ether oxygens (including phenoxy) is 1. The van der Waals surface area contributed by atoms with Gasteiger partial charge in [-0.2, -0.15) is 5.10 Å². The zero-order chi connectivity index (χ0) is 23.4. The van der Waals surface area contributed by atoms with Crippen molar-refractivity contribution in [1.82, 2.24) is 14.8 Å². The molecule has 4 aromatic rings. The molecule has 0 radical (unpaired) electrons. The van der Waals surface area contributed by atoms with Crippen molar-refractivity contribution in [3.63, 3.8) is 0 Å². The van der Waals surface area contributed by atoms with Crippen LogP contribution < -0.4 is 10.1 Å². The number of nitrogens with one attached hydrogen (secondary N) is 1. The normalized spacial score (nSPS) is 11.2. The monoisotopic (exact) mass is 442 g/mol. The van der Waals surface area contributed by atoms with Crippen LogP contribution in [0.15, 0.2) is 79.1 Å². The maximum Gasteiger partial charge on any atom is 0.313 e. The van der Waals surface area contributed by atoms with Crippen molar-refractivity contribution in [2.24, 2.45) is 0 Å². The van der Waals surface area contributed by atoms with Crippen LogP contribution in [0.25, 0.3) is 11.3 Å². The van der Waals surface area contributed by atoms with E-state index in [1.54, 1.807) is 32.2 Å². The molecule has 0 saturated heterocycles. The van der Waals surface area contributed by atoms with Crippen molar-refractivity contribution < 1.29 is 14.6 Å². The number of hydrogen-bond donors (Lipinski definition) is 2. The number of aryl methyl sites for hydroxylation is 1. The number of aliphatic carboxylic acids is 1. The predicted molar refractivity (Wildman–Crippen MR) is 128 cm³/mol. The largest absolute Gasteiger partial charge is 0.481 e. The Balaban J connectivity index is 1.58. The quantitative estimate of drug-likeness (QED) is 0.355. The maximum atomic E-state index is 11.6. The van der Waals surface area contributed by atoms with Gasteiger partial charge < -0.3 is 15.2 Å². The average molecular weight is 443 g/mol. The van der Waals surface area contributed by atoms with Gasteiger partial charge in [-0.05, 0) is 44.5 Å². The molecule has 0 saturated carbocycles. The molecule has 33 heavy (non-hydrogen) atoms. The minimum atomic E-state index is -0.997. The standard InChI is InChI=1S/C26H26N4O3/c1-4-30-17-22(24(29-30)18-9-6-5-7-10-18)33-21-13-14-27-23(16-21)28-20-12-8-11-19(15-20)26(2,3)25(31)32/h5-17H,4H2,1-3H3,(H,27,28)(H,31,32). The van der Waals surface area contributed by atoms with E-state index in [4.69, 9.17) is 4.74 Å². The molecule has 0 unspecified atom stereocenters. The van der Waals surface area contributed by atoms with Crippen LogP contribution >= 0.6 is 0 Å². The number of carboxylic acids is 1. The molecule has 0 bridgehead atoms. The van der Waals surface area contributed by atoms with Crippen molar-refractivity contribution in [2.45, 2.75) is 32.7 Å². The van der Waals surface area contributed by atoms with Crippen molar-refractivity contribution in [2.75, 3.05) is 5.32 Å². The molecular formula is C26H26N4O3. The fourth-order valence-electron chi connectivity index (χ4n) is 3.36. The van der Waals surface area contributed by atoms with E-state index in [0.717, 1.165) is 23.5 Å². The minimum absolute atomic E-state index is 0.585. The van der Waals surface area contributed by atoms with Crippen molar-refractivity contribution in [1.29, 1.82) is 0 Å². The second kappa shape index (κ2) is 9.16. The molecule has 7 heteroatoms. The Morgan fingerprint density at radius 2 is 1.88 bits per heavy atom. The van der Waals surface area contributed by atoms with Crippen molar-refractivity contribution in [3.05, 3.63) is 84.7 Å². The van der Waals surface area contributed by atoms with E-state index in [1.807, 2.05) is 72.4 Å². The molecule has 0 aliphatic heterocycles. The number of carbonyl (C=O) groups is 1. The molecule has 2 heterocycles. The van der Waals surface area contributed by atoms with Crippen LogP contribution in [0.1, 0.15) is 26.3 Å². The molecular weight excluding hydrogens is 416 g/mol. The molecule has 0 amide bonds. The third-order valence-electron chi connectivity index (χ3n) is 5.45. The SMILES string of the molecule is CCn1cc(Oc2ccnc(Nc3cccc(C(C)(C)C(=O)O)c3)c2)c(-c2ccccc2)n1. The van der Waals surface area contributed by atoms with Crippen LogP contribution in [0.5, 0.6) is 11.5 Å². The van der Waals surface area contributed by atoms with Crippen LogP contribution in [-0.2, 0) is 16.8 Å². The molecule has 168 valence electrons. The van der Waals surface area contributed by atoms with Gasteiger partial charge in [0.2, 0.25) is 0 Å². The van der Waals surface area contributed by atoms with E-state index in [1.165, 1.54) is 0 Å². The lowest BCUT2D eigenvalue weighted by atomic mass is 9.84. The first kappa shape index (κ1) is 22.1. The summed E-state index contributed by atoms with van der Waals surface area (Å²) < 4.78 is 8.03. The smallest absolute Gasteiger partial charge is 0.313 e. The second-order valence-corrected chi connectivity index (χ2v) is 8.18. The number of pyridine rings is 1. The second-order valence-electron chi connectivity index (χ2n) is 8.18. The third kappa shape index (κ3) is 4.87. The fraction of sp³-hybridized carbons (Fsp3) is 0.192. The zero-order valence-electron chi connectivity index (χ0n) is 18.8. The van der Waals surface area contributed by atoms with E-state index in [2.05, 4.69) is 15.4 Å². The van der Waals surface area contributed by atoms with Gasteiger partial charge in [0, 0.05) is 30.1 Å². The Labute approximate surface area is 192 Å². The van der Waals surface area contributed by atoms with Crippen LogP contribution in [0.2, 0.25) is 0 Å². The van der Waals surface area contributed by atoms with E-state index in [-0.39, 0.29) is 0 Å². The lowest BCUT2D eigenvalue weighted by molar-refractivity contribution is -0.142. The molecule has 7 nitrogen and oxygen atoms in total. The van der Waals surface area contributed by atoms with Crippen LogP contribution in [0.3, 0.4) is 0 Å². The minimum Gasteiger partial charge on any atom is -0.481 e. The van der Waals surface area contributed by atoms with E-state index in [0.29, 0.717) is 22.9 Å². The van der Waals surface area contributed by atoms with Crippen LogP contribution in [0, 0.1) is 0 Å². The molecule has 2 aromatic heterocycles. The zero-order valence-corrected chi connectivity index (χ0v) is 18.8. The lowest BCUT2D eigenvalue weighted by Gasteiger charge is -2.20. The first-order valence-corrected chi connectivity index (χ1v) is 10.7. The Hall–Kier alpha value is -4.13. The Bertz CT molecular complexity index is 1270. The van der Waals surface area contributed by atoms with E-state index >= 15 is 0 Å². The van der Waals surface area contributed by atoms with Gasteiger partial charge in [0.15, 0.2) is 5.75 Å². The van der Waals surface area contributed by atoms with Gasteiger partial charge in [0.05, 0.1) is 11.6 Å². The third-order valence-corrected chi connectivity index (χ3v) is 5.45. The molecule has 0 atom stereocenters. The van der Waals surface area contributed by atoms with E-state index < -0.39 is 11.4 Å². The molecule has 0 fully saturated rings. The molecule has 0 spiro atoms. The van der Waals surface area contributed by atoms with Gasteiger partial charge in [-0.25, -0.2) is 4.98 Å². The summed E-state index contributed by atoms with van der Waals surface area (Å²) in [7, 11) is 0. The summed E-state index contributed by atoms with van der Waals surface area (Å²) in [6.07, 6.45) is 3.54. The highest BCUT2D eigenvalue weighted by atomic mass is 16.5. The molecule has 0 aliphatic rings. The number of nitrogens with zero attached hydrogens (tertiary/aromatic N) is 3. The maximum absolute atomic E-state index is 11.6. The Kier molecular flexibility index (Phi) is 6.13. The highest BCUT2D eigenvalue weighted by Gasteiger charge is 2.29. The number of hydrogen-bond acceptors (Lipinski definition) is 5. The number of benzene rings is 2. The van der Waals surface area contributed by atoms with Gasteiger partial charge in [-0.3, -0.25) is 9.48 Å². The summed E-state index contributed by atoms with van der Waals surface area (Å²) in [4.78, 5) is 16.0. The highest BCUT2D eigenvalue weighted by Crippen LogP contribution is 2.33. The Morgan fingerprint density at radius 3 is 2.61 bits per heavy atom. The summed E-state index contributed by atoms with van der Waals surface area (Å²) in [6, 6.07) is 20.8.